The highest BCUT2D eigenvalue weighted by atomic mass is 32.2. The molecule has 0 saturated heterocycles. The van der Waals surface area contributed by atoms with Crippen LogP contribution < -0.4 is 15.8 Å². The van der Waals surface area contributed by atoms with Crippen molar-refractivity contribution < 1.29 is 13.2 Å². The Balaban J connectivity index is 2.29. The lowest BCUT2D eigenvalue weighted by molar-refractivity contribution is -0.127. The molecule has 0 bridgehead atoms. The molecule has 0 aromatic carbocycles. The van der Waals surface area contributed by atoms with Gasteiger partial charge in [-0.2, -0.15) is 0 Å². The second-order valence-electron chi connectivity index (χ2n) is 4.77. The van der Waals surface area contributed by atoms with Crippen molar-refractivity contribution in [1.82, 2.24) is 10.0 Å². The molecule has 6 nitrogen and oxygen atoms in total. The molecule has 0 atom stereocenters. The number of rotatable bonds is 6. The number of nitrogens with one attached hydrogen (secondary N) is 2. The molecule has 1 amide bonds. The molecule has 4 N–H and O–H groups in total. The van der Waals surface area contributed by atoms with Crippen molar-refractivity contribution in [2.24, 2.45) is 5.73 Å². The number of carbonyl (C=O) groups excluding carboxylic acids is 1. The lowest BCUT2D eigenvalue weighted by atomic mass is 9.82. The van der Waals surface area contributed by atoms with Crippen molar-refractivity contribution in [2.45, 2.75) is 44.6 Å². The van der Waals surface area contributed by atoms with Gasteiger partial charge in [0.05, 0.1) is 11.3 Å². The van der Waals surface area contributed by atoms with Crippen molar-refractivity contribution in [2.75, 3.05) is 18.8 Å². The van der Waals surface area contributed by atoms with Gasteiger partial charge >= 0.3 is 0 Å². The largest absolute Gasteiger partial charge is 0.353 e. The first-order valence-electron chi connectivity index (χ1n) is 6.44. The molecular formula is C11H23N3O3S. The maximum atomic E-state index is 11.9. The predicted octanol–water partition coefficient (Wildman–Crippen LogP) is -0.296. The Labute approximate surface area is 109 Å². The Morgan fingerprint density at radius 3 is 2.39 bits per heavy atom. The minimum atomic E-state index is -3.19. The van der Waals surface area contributed by atoms with Crippen molar-refractivity contribution in [3.63, 3.8) is 0 Å². The molecule has 0 aromatic heterocycles. The van der Waals surface area contributed by atoms with E-state index in [-0.39, 0.29) is 24.7 Å². The molecule has 0 aromatic rings. The summed E-state index contributed by atoms with van der Waals surface area (Å²) in [5.74, 6) is -0.125. The van der Waals surface area contributed by atoms with Gasteiger partial charge in [0.1, 0.15) is 0 Å². The quantitative estimate of drug-likeness (QED) is 0.580. The Morgan fingerprint density at radius 1 is 1.22 bits per heavy atom. The van der Waals surface area contributed by atoms with Crippen LogP contribution in [-0.4, -0.2) is 38.7 Å². The first-order chi connectivity index (χ1) is 8.40. The van der Waals surface area contributed by atoms with Gasteiger partial charge in [-0.25, -0.2) is 13.1 Å². The molecule has 7 heteroatoms. The molecule has 1 rings (SSSR count). The van der Waals surface area contributed by atoms with Gasteiger partial charge in [-0.05, 0) is 19.8 Å². The summed E-state index contributed by atoms with van der Waals surface area (Å²) in [6.45, 7) is 2.05. The monoisotopic (exact) mass is 277 g/mol. The van der Waals surface area contributed by atoms with E-state index in [1.807, 2.05) is 0 Å². The number of amides is 1. The fourth-order valence-corrected chi connectivity index (χ4v) is 2.69. The van der Waals surface area contributed by atoms with Crippen molar-refractivity contribution >= 4 is 15.9 Å². The number of hydrogen-bond acceptors (Lipinski definition) is 4. The minimum Gasteiger partial charge on any atom is -0.353 e. The molecule has 0 unspecified atom stereocenters. The predicted molar refractivity (Wildman–Crippen MR) is 70.5 cm³/mol. The molecule has 18 heavy (non-hydrogen) atoms. The zero-order valence-electron chi connectivity index (χ0n) is 10.9. The highest BCUT2D eigenvalue weighted by Gasteiger charge is 2.34. The van der Waals surface area contributed by atoms with E-state index < -0.39 is 15.6 Å². The smallest absolute Gasteiger partial charge is 0.240 e. The fourth-order valence-electron chi connectivity index (χ4n) is 2.07. The Morgan fingerprint density at radius 2 is 1.83 bits per heavy atom. The van der Waals surface area contributed by atoms with E-state index in [1.165, 1.54) is 0 Å². The standard InChI is InChI=1S/C11H23N3O3S/c1-2-18(16,17)14-9-8-13-10(15)11(12)6-4-3-5-7-11/h14H,2-9,12H2,1H3,(H,13,15). The zero-order chi connectivity index (χ0) is 13.6. The summed E-state index contributed by atoms with van der Waals surface area (Å²) in [6.07, 6.45) is 4.50. The third kappa shape index (κ3) is 4.55. The first-order valence-corrected chi connectivity index (χ1v) is 8.09. The zero-order valence-corrected chi connectivity index (χ0v) is 11.7. The fraction of sp³-hybridized carbons (Fsp3) is 0.909. The summed E-state index contributed by atoms with van der Waals surface area (Å²) in [5.41, 5.74) is 5.28. The highest BCUT2D eigenvalue weighted by Crippen LogP contribution is 2.25. The molecule has 1 fully saturated rings. The topological polar surface area (TPSA) is 101 Å². The summed E-state index contributed by atoms with van der Waals surface area (Å²) < 4.78 is 24.7. The van der Waals surface area contributed by atoms with Crippen LogP contribution in [0.5, 0.6) is 0 Å². The normalized spacial score (nSPS) is 19.4. The second-order valence-corrected chi connectivity index (χ2v) is 6.87. The Hall–Kier alpha value is -0.660. The van der Waals surface area contributed by atoms with Crippen LogP contribution in [0, 0.1) is 0 Å². The maximum Gasteiger partial charge on any atom is 0.240 e. The van der Waals surface area contributed by atoms with Gasteiger partial charge in [-0.1, -0.05) is 19.3 Å². The lowest BCUT2D eigenvalue weighted by Gasteiger charge is -2.31. The lowest BCUT2D eigenvalue weighted by Crippen LogP contribution is -2.55. The van der Waals surface area contributed by atoms with E-state index in [4.69, 9.17) is 5.73 Å². The van der Waals surface area contributed by atoms with Gasteiger partial charge < -0.3 is 11.1 Å². The third-order valence-corrected chi connectivity index (χ3v) is 4.71. The maximum absolute atomic E-state index is 11.9. The molecule has 0 aliphatic heterocycles. The SMILES string of the molecule is CCS(=O)(=O)NCCNC(=O)C1(N)CCCCC1. The average molecular weight is 277 g/mol. The van der Waals surface area contributed by atoms with E-state index in [1.54, 1.807) is 6.92 Å². The molecule has 1 aliphatic carbocycles. The minimum absolute atomic E-state index is 0.0434. The van der Waals surface area contributed by atoms with Gasteiger partial charge in [0, 0.05) is 13.1 Å². The summed E-state index contributed by atoms with van der Waals surface area (Å²) in [7, 11) is -3.19. The van der Waals surface area contributed by atoms with Crippen LogP contribution in [0.15, 0.2) is 0 Å². The van der Waals surface area contributed by atoms with Crippen molar-refractivity contribution in [1.29, 1.82) is 0 Å². The third-order valence-electron chi connectivity index (χ3n) is 3.31. The van der Waals surface area contributed by atoms with Crippen LogP contribution in [0.2, 0.25) is 0 Å². The van der Waals surface area contributed by atoms with Gasteiger partial charge in [-0.15, -0.1) is 0 Å². The number of nitrogens with two attached hydrogens (primary N) is 1. The van der Waals surface area contributed by atoms with Crippen LogP contribution in [0.25, 0.3) is 0 Å². The van der Waals surface area contributed by atoms with Crippen LogP contribution in [0.1, 0.15) is 39.0 Å². The summed E-state index contributed by atoms with van der Waals surface area (Å²) in [6, 6.07) is 0. The highest BCUT2D eigenvalue weighted by molar-refractivity contribution is 7.89. The van der Waals surface area contributed by atoms with Crippen LogP contribution in [0.4, 0.5) is 0 Å². The van der Waals surface area contributed by atoms with Crippen LogP contribution in [0.3, 0.4) is 0 Å². The van der Waals surface area contributed by atoms with E-state index >= 15 is 0 Å². The molecule has 106 valence electrons. The second kappa shape index (κ2) is 6.49. The van der Waals surface area contributed by atoms with E-state index in [0.29, 0.717) is 12.8 Å². The Bertz CT molecular complexity index is 375. The summed E-state index contributed by atoms with van der Waals surface area (Å²) in [4.78, 5) is 11.9. The van der Waals surface area contributed by atoms with Crippen molar-refractivity contribution in [3.05, 3.63) is 0 Å². The molecule has 0 spiro atoms. The van der Waals surface area contributed by atoms with E-state index in [2.05, 4.69) is 10.0 Å². The molecule has 1 saturated carbocycles. The summed E-state index contributed by atoms with van der Waals surface area (Å²) in [5, 5.41) is 2.70. The van der Waals surface area contributed by atoms with Gasteiger partial charge in [-0.3, -0.25) is 4.79 Å². The Kier molecular flexibility index (Phi) is 5.55. The number of hydrogen-bond donors (Lipinski definition) is 3. The molecular weight excluding hydrogens is 254 g/mol. The van der Waals surface area contributed by atoms with Gasteiger partial charge in [0.15, 0.2) is 0 Å². The molecule has 0 heterocycles. The van der Waals surface area contributed by atoms with Crippen LogP contribution >= 0.6 is 0 Å². The molecule has 0 radical (unpaired) electrons. The van der Waals surface area contributed by atoms with Crippen LogP contribution in [-0.2, 0) is 14.8 Å². The van der Waals surface area contributed by atoms with Gasteiger partial charge in [0.25, 0.3) is 0 Å². The summed E-state index contributed by atoms with van der Waals surface area (Å²) >= 11 is 0. The van der Waals surface area contributed by atoms with E-state index in [9.17, 15) is 13.2 Å². The number of sulfonamides is 1. The van der Waals surface area contributed by atoms with Gasteiger partial charge in [0.2, 0.25) is 15.9 Å². The first kappa shape index (κ1) is 15.4. The van der Waals surface area contributed by atoms with E-state index in [0.717, 1.165) is 19.3 Å². The molecule has 1 aliphatic rings. The number of carbonyl (C=O) groups is 1. The van der Waals surface area contributed by atoms with Crippen molar-refractivity contribution in [3.8, 4) is 0 Å². The average Bonchev–Trinajstić information content (AvgIpc) is 2.35.